The Morgan fingerprint density at radius 2 is 2.21 bits per heavy atom. The number of hydrogen-bond acceptors (Lipinski definition) is 4. The third-order valence-electron chi connectivity index (χ3n) is 2.79. The van der Waals surface area contributed by atoms with Crippen molar-refractivity contribution in [1.82, 2.24) is 20.4 Å². The molecule has 3 N–H and O–H groups in total. The summed E-state index contributed by atoms with van der Waals surface area (Å²) in [6, 6.07) is -1.34. The molecule has 1 aliphatic rings. The maximum Gasteiger partial charge on any atom is 0.318 e. The summed E-state index contributed by atoms with van der Waals surface area (Å²) < 4.78 is 0. The van der Waals surface area contributed by atoms with E-state index in [4.69, 9.17) is 5.11 Å². The molecule has 108 valence electrons. The fourth-order valence-electron chi connectivity index (χ4n) is 1.81. The van der Waals surface area contributed by atoms with Crippen molar-refractivity contribution < 1.29 is 19.5 Å². The molecule has 1 heterocycles. The molecule has 8 nitrogen and oxygen atoms in total. The summed E-state index contributed by atoms with van der Waals surface area (Å²) in [5.41, 5.74) is 0. The lowest BCUT2D eigenvalue weighted by Crippen LogP contribution is -2.60. The van der Waals surface area contributed by atoms with E-state index in [-0.39, 0.29) is 6.42 Å². The highest BCUT2D eigenvalue weighted by Gasteiger charge is 2.34. The van der Waals surface area contributed by atoms with E-state index < -0.39 is 23.9 Å². The number of nitrogens with one attached hydrogen (secondary N) is 2. The van der Waals surface area contributed by atoms with Crippen LogP contribution in [0.25, 0.3) is 0 Å². The van der Waals surface area contributed by atoms with Crippen LogP contribution in [0.2, 0.25) is 0 Å². The third kappa shape index (κ3) is 4.74. The quantitative estimate of drug-likeness (QED) is 0.567. The number of carboxylic acids is 1. The SMILES string of the molecule is CN(C)CCNC(=O)N1CCNC(=O)C1CC(=O)O. The Kier molecular flexibility index (Phi) is 5.56. The molecule has 0 aromatic heterocycles. The summed E-state index contributed by atoms with van der Waals surface area (Å²) in [5.74, 6) is -1.52. The second-order valence-electron chi connectivity index (χ2n) is 4.63. The van der Waals surface area contributed by atoms with E-state index in [1.807, 2.05) is 19.0 Å². The molecule has 1 unspecified atom stereocenters. The Balaban J connectivity index is 2.58. The molecular formula is C11H20N4O4. The van der Waals surface area contributed by atoms with Gasteiger partial charge in [0.1, 0.15) is 6.04 Å². The van der Waals surface area contributed by atoms with Crippen molar-refractivity contribution >= 4 is 17.9 Å². The monoisotopic (exact) mass is 272 g/mol. The van der Waals surface area contributed by atoms with Gasteiger partial charge in [0.2, 0.25) is 5.91 Å². The Labute approximate surface area is 111 Å². The Bertz CT molecular complexity index is 359. The number of carbonyl (C=O) groups excluding carboxylic acids is 2. The van der Waals surface area contributed by atoms with E-state index in [0.717, 1.165) is 0 Å². The van der Waals surface area contributed by atoms with E-state index in [9.17, 15) is 14.4 Å². The average molecular weight is 272 g/mol. The first-order valence-corrected chi connectivity index (χ1v) is 6.10. The van der Waals surface area contributed by atoms with E-state index >= 15 is 0 Å². The van der Waals surface area contributed by atoms with Crippen molar-refractivity contribution in [3.63, 3.8) is 0 Å². The Morgan fingerprint density at radius 3 is 2.79 bits per heavy atom. The Hall–Kier alpha value is -1.83. The molecule has 0 aromatic rings. The number of carbonyl (C=O) groups is 3. The molecule has 0 aliphatic carbocycles. The maximum atomic E-state index is 11.9. The van der Waals surface area contributed by atoms with Gasteiger partial charge in [0.05, 0.1) is 6.42 Å². The molecular weight excluding hydrogens is 252 g/mol. The first-order chi connectivity index (χ1) is 8.91. The highest BCUT2D eigenvalue weighted by atomic mass is 16.4. The van der Waals surface area contributed by atoms with E-state index in [1.165, 1.54) is 4.90 Å². The molecule has 0 spiro atoms. The molecule has 0 aromatic carbocycles. The normalized spacial score (nSPS) is 19.2. The number of nitrogens with zero attached hydrogens (tertiary/aromatic N) is 2. The molecule has 1 fully saturated rings. The molecule has 0 saturated carbocycles. The summed E-state index contributed by atoms with van der Waals surface area (Å²) >= 11 is 0. The van der Waals surface area contributed by atoms with E-state index in [2.05, 4.69) is 10.6 Å². The van der Waals surface area contributed by atoms with Gasteiger partial charge in [0.15, 0.2) is 0 Å². The lowest BCUT2D eigenvalue weighted by Gasteiger charge is -2.34. The predicted octanol–water partition coefficient (Wildman–Crippen LogP) is -1.47. The lowest BCUT2D eigenvalue weighted by molar-refractivity contribution is -0.142. The highest BCUT2D eigenvalue weighted by Crippen LogP contribution is 2.09. The molecule has 0 radical (unpaired) electrons. The van der Waals surface area contributed by atoms with Gasteiger partial charge in [0, 0.05) is 26.2 Å². The van der Waals surface area contributed by atoms with Crippen molar-refractivity contribution in [3.8, 4) is 0 Å². The van der Waals surface area contributed by atoms with Crippen LogP contribution in [0.5, 0.6) is 0 Å². The summed E-state index contributed by atoms with van der Waals surface area (Å²) in [6.45, 7) is 1.78. The number of rotatable bonds is 5. The van der Waals surface area contributed by atoms with Gasteiger partial charge in [-0.25, -0.2) is 4.79 Å². The molecule has 3 amide bonds. The van der Waals surface area contributed by atoms with Crippen molar-refractivity contribution in [1.29, 1.82) is 0 Å². The Morgan fingerprint density at radius 1 is 1.53 bits per heavy atom. The van der Waals surface area contributed by atoms with Crippen LogP contribution in [-0.4, -0.2) is 79.1 Å². The molecule has 8 heteroatoms. The van der Waals surface area contributed by atoms with Crippen LogP contribution in [-0.2, 0) is 9.59 Å². The van der Waals surface area contributed by atoms with Crippen LogP contribution >= 0.6 is 0 Å². The number of piperazine rings is 1. The van der Waals surface area contributed by atoms with Crippen molar-refractivity contribution in [2.24, 2.45) is 0 Å². The van der Waals surface area contributed by atoms with Crippen molar-refractivity contribution in [2.75, 3.05) is 40.3 Å². The highest BCUT2D eigenvalue weighted by molar-refractivity contribution is 5.91. The van der Waals surface area contributed by atoms with Crippen LogP contribution in [0.15, 0.2) is 0 Å². The van der Waals surface area contributed by atoms with Gasteiger partial charge in [-0.1, -0.05) is 0 Å². The second-order valence-corrected chi connectivity index (χ2v) is 4.63. The number of amides is 3. The topological polar surface area (TPSA) is 102 Å². The summed E-state index contributed by atoms with van der Waals surface area (Å²) in [6.07, 6.45) is -0.382. The van der Waals surface area contributed by atoms with Crippen molar-refractivity contribution in [2.45, 2.75) is 12.5 Å². The number of carboxylic acid groups (broad SMARTS) is 1. The van der Waals surface area contributed by atoms with E-state index in [0.29, 0.717) is 26.2 Å². The van der Waals surface area contributed by atoms with Crippen LogP contribution in [0.4, 0.5) is 4.79 Å². The van der Waals surface area contributed by atoms with Crippen LogP contribution < -0.4 is 10.6 Å². The number of hydrogen-bond donors (Lipinski definition) is 3. The minimum Gasteiger partial charge on any atom is -0.481 e. The van der Waals surface area contributed by atoms with Gasteiger partial charge >= 0.3 is 12.0 Å². The molecule has 1 atom stereocenters. The first-order valence-electron chi connectivity index (χ1n) is 6.10. The number of aliphatic carboxylic acids is 1. The predicted molar refractivity (Wildman–Crippen MR) is 67.7 cm³/mol. The molecule has 1 rings (SSSR count). The zero-order valence-electron chi connectivity index (χ0n) is 11.2. The fraction of sp³-hybridized carbons (Fsp3) is 0.727. The number of likely N-dealkylation sites (N-methyl/N-ethyl adjacent to an activating group) is 1. The minimum absolute atomic E-state index is 0.317. The fourth-order valence-corrected chi connectivity index (χ4v) is 1.81. The smallest absolute Gasteiger partial charge is 0.318 e. The maximum absolute atomic E-state index is 11.9. The molecule has 19 heavy (non-hydrogen) atoms. The van der Waals surface area contributed by atoms with E-state index in [1.54, 1.807) is 0 Å². The van der Waals surface area contributed by atoms with Gasteiger partial charge in [0.25, 0.3) is 0 Å². The molecule has 0 bridgehead atoms. The zero-order valence-corrected chi connectivity index (χ0v) is 11.2. The van der Waals surface area contributed by atoms with Gasteiger partial charge in [-0.3, -0.25) is 9.59 Å². The van der Waals surface area contributed by atoms with Gasteiger partial charge in [-0.05, 0) is 14.1 Å². The van der Waals surface area contributed by atoms with Crippen LogP contribution in [0.1, 0.15) is 6.42 Å². The van der Waals surface area contributed by atoms with Crippen molar-refractivity contribution in [3.05, 3.63) is 0 Å². The third-order valence-corrected chi connectivity index (χ3v) is 2.79. The van der Waals surface area contributed by atoms with Gasteiger partial charge in [-0.15, -0.1) is 0 Å². The van der Waals surface area contributed by atoms with Crippen LogP contribution in [0.3, 0.4) is 0 Å². The zero-order chi connectivity index (χ0) is 14.4. The molecule has 1 aliphatic heterocycles. The largest absolute Gasteiger partial charge is 0.481 e. The minimum atomic E-state index is -1.10. The summed E-state index contributed by atoms with van der Waals surface area (Å²) in [7, 11) is 3.77. The van der Waals surface area contributed by atoms with Gasteiger partial charge < -0.3 is 25.5 Å². The standard InChI is InChI=1S/C11H20N4O4/c1-14(2)5-3-13-11(19)15-6-4-12-10(18)8(15)7-9(16)17/h8H,3-7H2,1-2H3,(H,12,18)(H,13,19)(H,16,17). The van der Waals surface area contributed by atoms with Gasteiger partial charge in [-0.2, -0.15) is 0 Å². The average Bonchev–Trinajstić information content (AvgIpc) is 2.30. The van der Waals surface area contributed by atoms with Crippen LogP contribution in [0, 0.1) is 0 Å². The second kappa shape index (κ2) is 6.93. The lowest BCUT2D eigenvalue weighted by atomic mass is 10.1. The summed E-state index contributed by atoms with van der Waals surface area (Å²) in [5, 5.41) is 14.0. The molecule has 1 saturated heterocycles. The first kappa shape index (κ1) is 15.2. The number of urea groups is 1. The summed E-state index contributed by atoms with van der Waals surface area (Å²) in [4.78, 5) is 37.5.